The Balaban J connectivity index is 1.92. The van der Waals surface area contributed by atoms with Crippen LogP contribution in [-0.4, -0.2) is 39.6 Å². The molecular formula is C12H17ClN4O2. The van der Waals surface area contributed by atoms with Gasteiger partial charge in [-0.15, -0.1) is 0 Å². The zero-order chi connectivity index (χ0) is 13.7. The maximum absolute atomic E-state index is 6.07. The second-order valence-electron chi connectivity index (χ2n) is 4.10. The Labute approximate surface area is 116 Å². The van der Waals surface area contributed by atoms with Gasteiger partial charge < -0.3 is 9.47 Å². The van der Waals surface area contributed by atoms with Crippen LogP contribution < -0.4 is 0 Å². The molecule has 0 spiro atoms. The van der Waals surface area contributed by atoms with Crippen LogP contribution in [0, 0.1) is 0 Å². The lowest BCUT2D eigenvalue weighted by atomic mass is 10.4. The Hall–Kier alpha value is -1.24. The normalized spacial score (nSPS) is 11.3. The fraction of sp³-hybridized carbons (Fsp3) is 0.583. The zero-order valence-electron chi connectivity index (χ0n) is 11.1. The molecular weight excluding hydrogens is 268 g/mol. The van der Waals surface area contributed by atoms with Crippen molar-refractivity contribution in [2.75, 3.05) is 19.8 Å². The molecule has 0 saturated heterocycles. The van der Waals surface area contributed by atoms with E-state index in [0.717, 1.165) is 18.4 Å². The van der Waals surface area contributed by atoms with Crippen molar-refractivity contribution in [2.45, 2.75) is 20.0 Å². The van der Waals surface area contributed by atoms with E-state index in [2.05, 4.69) is 22.0 Å². The summed E-state index contributed by atoms with van der Waals surface area (Å²) < 4.78 is 12.4. The average Bonchev–Trinajstić information content (AvgIpc) is 2.76. The van der Waals surface area contributed by atoms with Crippen molar-refractivity contribution in [3.63, 3.8) is 0 Å². The molecule has 0 amide bonds. The lowest BCUT2D eigenvalue weighted by molar-refractivity contribution is 0.0386. The highest BCUT2D eigenvalue weighted by Crippen LogP contribution is 2.19. The molecule has 2 aromatic rings. The van der Waals surface area contributed by atoms with Gasteiger partial charge in [-0.25, -0.2) is 9.97 Å². The van der Waals surface area contributed by atoms with Crippen LogP contribution in [0.3, 0.4) is 0 Å². The van der Waals surface area contributed by atoms with Gasteiger partial charge in [0.15, 0.2) is 11.5 Å². The SMILES string of the molecule is CCCOCCOCc1nc(Cl)c2cnn(C)c2n1. The molecule has 0 aliphatic rings. The van der Waals surface area contributed by atoms with E-state index in [1.54, 1.807) is 10.9 Å². The number of halogens is 1. The zero-order valence-corrected chi connectivity index (χ0v) is 11.9. The molecule has 104 valence electrons. The summed E-state index contributed by atoms with van der Waals surface area (Å²) in [6.07, 6.45) is 2.66. The quantitative estimate of drug-likeness (QED) is 0.574. The molecule has 0 aliphatic carbocycles. The third-order valence-corrected chi connectivity index (χ3v) is 2.83. The maximum Gasteiger partial charge on any atom is 0.162 e. The fourth-order valence-electron chi connectivity index (χ4n) is 1.62. The molecule has 0 bridgehead atoms. The molecule has 2 heterocycles. The van der Waals surface area contributed by atoms with Crippen LogP contribution in [0.2, 0.25) is 5.15 Å². The van der Waals surface area contributed by atoms with Gasteiger partial charge >= 0.3 is 0 Å². The molecule has 2 aromatic heterocycles. The third-order valence-electron chi connectivity index (χ3n) is 2.54. The standard InChI is InChI=1S/C12H17ClN4O2/c1-3-4-18-5-6-19-8-10-15-11(13)9-7-14-17(2)12(9)16-10/h7H,3-6,8H2,1-2H3. The van der Waals surface area contributed by atoms with Crippen LogP contribution in [0.25, 0.3) is 11.0 Å². The Morgan fingerprint density at radius 1 is 1.21 bits per heavy atom. The van der Waals surface area contributed by atoms with Crippen LogP contribution in [0.15, 0.2) is 6.20 Å². The van der Waals surface area contributed by atoms with Crippen molar-refractivity contribution < 1.29 is 9.47 Å². The van der Waals surface area contributed by atoms with Crippen LogP contribution in [0.5, 0.6) is 0 Å². The van der Waals surface area contributed by atoms with E-state index >= 15 is 0 Å². The molecule has 0 radical (unpaired) electrons. The lowest BCUT2D eigenvalue weighted by Crippen LogP contribution is -2.07. The summed E-state index contributed by atoms with van der Waals surface area (Å²) in [5.74, 6) is 0.552. The van der Waals surface area contributed by atoms with E-state index in [4.69, 9.17) is 21.1 Å². The van der Waals surface area contributed by atoms with Crippen LogP contribution in [0.1, 0.15) is 19.2 Å². The number of rotatable bonds is 7. The molecule has 0 saturated carbocycles. The second kappa shape index (κ2) is 6.79. The highest BCUT2D eigenvalue weighted by molar-refractivity contribution is 6.33. The fourth-order valence-corrected chi connectivity index (χ4v) is 1.85. The van der Waals surface area contributed by atoms with E-state index in [0.29, 0.717) is 36.4 Å². The predicted octanol–water partition coefficient (Wildman–Crippen LogP) is 1.96. The summed E-state index contributed by atoms with van der Waals surface area (Å²) in [7, 11) is 1.81. The number of hydrogen-bond donors (Lipinski definition) is 0. The largest absolute Gasteiger partial charge is 0.379 e. The first-order chi connectivity index (χ1) is 9.22. The minimum atomic E-state index is 0.316. The first-order valence-corrected chi connectivity index (χ1v) is 6.59. The summed E-state index contributed by atoms with van der Waals surface area (Å²) in [4.78, 5) is 8.55. The van der Waals surface area contributed by atoms with Crippen molar-refractivity contribution in [2.24, 2.45) is 7.05 Å². The smallest absolute Gasteiger partial charge is 0.162 e. The third kappa shape index (κ3) is 3.62. The second-order valence-corrected chi connectivity index (χ2v) is 4.46. The Kier molecular flexibility index (Phi) is 5.07. The number of aromatic nitrogens is 4. The average molecular weight is 285 g/mol. The van der Waals surface area contributed by atoms with E-state index < -0.39 is 0 Å². The molecule has 19 heavy (non-hydrogen) atoms. The van der Waals surface area contributed by atoms with Gasteiger partial charge in [0.25, 0.3) is 0 Å². The monoisotopic (exact) mass is 284 g/mol. The Morgan fingerprint density at radius 3 is 2.79 bits per heavy atom. The summed E-state index contributed by atoms with van der Waals surface area (Å²) in [6.45, 7) is 4.24. The molecule has 0 atom stereocenters. The summed E-state index contributed by atoms with van der Waals surface area (Å²) in [6, 6.07) is 0. The van der Waals surface area contributed by atoms with E-state index in [1.165, 1.54) is 0 Å². The number of aryl methyl sites for hydroxylation is 1. The Bertz CT molecular complexity index is 544. The van der Waals surface area contributed by atoms with Gasteiger partial charge in [0, 0.05) is 13.7 Å². The highest BCUT2D eigenvalue weighted by atomic mass is 35.5. The number of hydrogen-bond acceptors (Lipinski definition) is 5. The van der Waals surface area contributed by atoms with Crippen molar-refractivity contribution in [3.8, 4) is 0 Å². The van der Waals surface area contributed by atoms with Crippen molar-refractivity contribution in [1.29, 1.82) is 0 Å². The van der Waals surface area contributed by atoms with Crippen molar-refractivity contribution >= 4 is 22.6 Å². The number of ether oxygens (including phenoxy) is 2. The molecule has 0 fully saturated rings. The van der Waals surface area contributed by atoms with Gasteiger partial charge in [0.05, 0.1) is 24.8 Å². The molecule has 0 aliphatic heterocycles. The van der Waals surface area contributed by atoms with Crippen LogP contribution >= 0.6 is 11.6 Å². The molecule has 7 heteroatoms. The number of fused-ring (bicyclic) bond motifs is 1. The Morgan fingerprint density at radius 2 is 2.00 bits per heavy atom. The lowest BCUT2D eigenvalue weighted by Gasteiger charge is -2.05. The molecule has 0 unspecified atom stereocenters. The minimum Gasteiger partial charge on any atom is -0.379 e. The van der Waals surface area contributed by atoms with Gasteiger partial charge in [-0.1, -0.05) is 18.5 Å². The predicted molar refractivity (Wildman–Crippen MR) is 72.1 cm³/mol. The van der Waals surface area contributed by atoms with Crippen LogP contribution in [-0.2, 0) is 23.1 Å². The summed E-state index contributed by atoms with van der Waals surface area (Å²) >= 11 is 6.07. The first-order valence-electron chi connectivity index (χ1n) is 6.22. The maximum atomic E-state index is 6.07. The van der Waals surface area contributed by atoms with E-state index in [-0.39, 0.29) is 0 Å². The molecule has 0 N–H and O–H groups in total. The van der Waals surface area contributed by atoms with Crippen LogP contribution in [0.4, 0.5) is 0 Å². The van der Waals surface area contributed by atoms with E-state index in [1.807, 2.05) is 7.05 Å². The molecule has 2 rings (SSSR count). The minimum absolute atomic E-state index is 0.316. The van der Waals surface area contributed by atoms with Gasteiger partial charge in [-0.2, -0.15) is 5.10 Å². The summed E-state index contributed by atoms with van der Waals surface area (Å²) in [5, 5.41) is 5.25. The number of nitrogens with zero attached hydrogens (tertiary/aromatic N) is 4. The molecule has 6 nitrogen and oxygen atoms in total. The van der Waals surface area contributed by atoms with Gasteiger partial charge in [0.1, 0.15) is 11.8 Å². The highest BCUT2D eigenvalue weighted by Gasteiger charge is 2.09. The van der Waals surface area contributed by atoms with Crippen molar-refractivity contribution in [1.82, 2.24) is 19.7 Å². The topological polar surface area (TPSA) is 62.1 Å². The van der Waals surface area contributed by atoms with Gasteiger partial charge in [0.2, 0.25) is 0 Å². The molecule has 0 aromatic carbocycles. The van der Waals surface area contributed by atoms with Gasteiger partial charge in [-0.05, 0) is 6.42 Å². The first kappa shape index (κ1) is 14.2. The van der Waals surface area contributed by atoms with E-state index in [9.17, 15) is 0 Å². The van der Waals surface area contributed by atoms with Gasteiger partial charge in [-0.3, -0.25) is 4.68 Å². The summed E-state index contributed by atoms with van der Waals surface area (Å²) in [5.41, 5.74) is 0.709. The van der Waals surface area contributed by atoms with Crippen molar-refractivity contribution in [3.05, 3.63) is 17.2 Å².